The molecule has 0 saturated carbocycles. The van der Waals surface area contributed by atoms with Crippen LogP contribution in [0.5, 0.6) is 0 Å². The number of nitrogens with zero attached hydrogens (tertiary/aromatic N) is 2. The summed E-state index contributed by atoms with van der Waals surface area (Å²) in [7, 11) is 0. The van der Waals surface area contributed by atoms with Crippen molar-refractivity contribution in [2.24, 2.45) is 5.10 Å². The molecule has 2 aromatic rings. The van der Waals surface area contributed by atoms with Crippen molar-refractivity contribution in [2.45, 2.75) is 43.9 Å². The van der Waals surface area contributed by atoms with Gasteiger partial charge in [-0.05, 0) is 55.6 Å². The average molecular weight is 442 g/mol. The summed E-state index contributed by atoms with van der Waals surface area (Å²) in [6.45, 7) is 0.740. The Bertz CT molecular complexity index is 1000. The Hall–Kier alpha value is -3.17. The minimum atomic E-state index is -0.990. The number of halogens is 2. The Balaban J connectivity index is 1.53. The lowest BCUT2D eigenvalue weighted by Crippen LogP contribution is -2.53. The number of benzene rings is 2. The number of aliphatic hydroxyl groups is 1. The molecule has 4 rings (SSSR count). The van der Waals surface area contributed by atoms with Crippen LogP contribution in [0.1, 0.15) is 24.8 Å². The zero-order valence-corrected chi connectivity index (χ0v) is 17.3. The number of para-hydroxylation sites is 1. The van der Waals surface area contributed by atoms with Gasteiger partial charge in [-0.25, -0.2) is 8.78 Å². The highest BCUT2D eigenvalue weighted by Gasteiger charge is 2.34. The molecule has 0 spiro atoms. The van der Waals surface area contributed by atoms with Crippen LogP contribution in [0.3, 0.4) is 0 Å². The number of nitrogens with one attached hydrogen (secondary N) is 2. The van der Waals surface area contributed by atoms with E-state index in [4.69, 9.17) is 0 Å². The summed E-state index contributed by atoms with van der Waals surface area (Å²) >= 11 is 0. The minimum Gasteiger partial charge on any atom is -0.389 e. The van der Waals surface area contributed by atoms with Gasteiger partial charge in [0.25, 0.3) is 11.8 Å². The highest BCUT2D eigenvalue weighted by Crippen LogP contribution is 2.21. The van der Waals surface area contributed by atoms with Crippen molar-refractivity contribution in [3.05, 3.63) is 65.7 Å². The molecule has 2 heterocycles. The number of carbonyl (C=O) groups excluding carboxylic acids is 2. The molecular formula is C23H24F2N4O3. The third kappa shape index (κ3) is 5.00. The van der Waals surface area contributed by atoms with Crippen LogP contribution in [-0.4, -0.2) is 47.4 Å². The van der Waals surface area contributed by atoms with Gasteiger partial charge in [0.15, 0.2) is 0 Å². The summed E-state index contributed by atoms with van der Waals surface area (Å²) in [4.78, 5) is 25.3. The second-order valence-corrected chi connectivity index (χ2v) is 8.02. The number of hydrogen-bond donors (Lipinski definition) is 3. The maximum absolute atomic E-state index is 13.7. The number of carbonyl (C=O) groups is 2. The van der Waals surface area contributed by atoms with Crippen LogP contribution in [0.15, 0.2) is 53.6 Å². The number of hydrazone groups is 1. The van der Waals surface area contributed by atoms with Crippen LogP contribution in [0, 0.1) is 11.6 Å². The SMILES string of the molecule is O=C(NC(Cc1cc(F)cc(F)c1)[C@@H](O)[C@@H]1CCCN1)C1=NN(c2ccccc2)C(=O)C1. The molecule has 0 bridgehead atoms. The molecule has 2 aromatic carbocycles. The molecule has 1 saturated heterocycles. The molecule has 3 N–H and O–H groups in total. The molecule has 1 fully saturated rings. The zero-order chi connectivity index (χ0) is 22.7. The van der Waals surface area contributed by atoms with E-state index in [9.17, 15) is 23.5 Å². The lowest BCUT2D eigenvalue weighted by atomic mass is 9.95. The molecule has 0 aliphatic carbocycles. The molecule has 0 aromatic heterocycles. The monoisotopic (exact) mass is 442 g/mol. The molecule has 2 amide bonds. The Morgan fingerprint density at radius 1 is 1.22 bits per heavy atom. The Kier molecular flexibility index (Phi) is 6.57. The van der Waals surface area contributed by atoms with Gasteiger partial charge in [0.05, 0.1) is 24.3 Å². The van der Waals surface area contributed by atoms with Crippen LogP contribution < -0.4 is 15.6 Å². The van der Waals surface area contributed by atoms with Crippen molar-refractivity contribution in [2.75, 3.05) is 11.6 Å². The maximum atomic E-state index is 13.7. The predicted molar refractivity (Wildman–Crippen MR) is 115 cm³/mol. The van der Waals surface area contributed by atoms with Gasteiger partial charge in [-0.3, -0.25) is 9.59 Å². The van der Waals surface area contributed by atoms with E-state index in [0.717, 1.165) is 19.0 Å². The van der Waals surface area contributed by atoms with Gasteiger partial charge < -0.3 is 15.7 Å². The van der Waals surface area contributed by atoms with Crippen LogP contribution in [-0.2, 0) is 16.0 Å². The first-order valence-electron chi connectivity index (χ1n) is 10.5. The third-order valence-corrected chi connectivity index (χ3v) is 5.66. The number of anilines is 1. The summed E-state index contributed by atoms with van der Waals surface area (Å²) in [5, 5.41) is 22.1. The topological polar surface area (TPSA) is 94.0 Å². The van der Waals surface area contributed by atoms with E-state index in [1.165, 1.54) is 17.1 Å². The summed E-state index contributed by atoms with van der Waals surface area (Å²) in [5.41, 5.74) is 0.864. The number of rotatable bonds is 7. The molecule has 7 nitrogen and oxygen atoms in total. The summed E-state index contributed by atoms with van der Waals surface area (Å²) in [6, 6.07) is 10.8. The van der Waals surface area contributed by atoms with Crippen molar-refractivity contribution in [1.29, 1.82) is 0 Å². The van der Waals surface area contributed by atoms with E-state index in [2.05, 4.69) is 15.7 Å². The lowest BCUT2D eigenvalue weighted by molar-refractivity contribution is -0.119. The normalized spacial score (nSPS) is 20.2. The standard InChI is InChI=1S/C23H24F2N4O3/c24-15-9-14(10-16(25)12-15)11-19(22(31)18-7-4-8-26-18)27-23(32)20-13-21(30)29(28-20)17-5-2-1-3-6-17/h1-3,5-6,9-10,12,18-19,22,26,31H,4,7-8,11,13H2,(H,27,32)/t18-,19?,22-/m0/s1. The van der Waals surface area contributed by atoms with Gasteiger partial charge in [-0.15, -0.1) is 0 Å². The van der Waals surface area contributed by atoms with Gasteiger partial charge in [-0.1, -0.05) is 18.2 Å². The minimum absolute atomic E-state index is 0.0147. The number of amides is 2. The van der Waals surface area contributed by atoms with E-state index < -0.39 is 29.7 Å². The van der Waals surface area contributed by atoms with Crippen molar-refractivity contribution < 1.29 is 23.5 Å². The predicted octanol–water partition coefficient (Wildman–Crippen LogP) is 1.90. The molecule has 2 aliphatic rings. The van der Waals surface area contributed by atoms with Gasteiger partial charge in [0.2, 0.25) is 0 Å². The van der Waals surface area contributed by atoms with Crippen LogP contribution >= 0.6 is 0 Å². The molecule has 32 heavy (non-hydrogen) atoms. The van der Waals surface area contributed by atoms with Crippen molar-refractivity contribution in [1.82, 2.24) is 10.6 Å². The van der Waals surface area contributed by atoms with Crippen molar-refractivity contribution >= 4 is 23.2 Å². The van der Waals surface area contributed by atoms with Gasteiger partial charge >= 0.3 is 0 Å². The first-order chi connectivity index (χ1) is 15.4. The zero-order valence-electron chi connectivity index (χ0n) is 17.3. The van der Waals surface area contributed by atoms with E-state index in [1.807, 2.05) is 0 Å². The van der Waals surface area contributed by atoms with Crippen LogP contribution in [0.2, 0.25) is 0 Å². The van der Waals surface area contributed by atoms with Crippen molar-refractivity contribution in [3.63, 3.8) is 0 Å². The Labute approximate surface area is 184 Å². The van der Waals surface area contributed by atoms with E-state index in [1.54, 1.807) is 30.3 Å². The van der Waals surface area contributed by atoms with E-state index >= 15 is 0 Å². The third-order valence-electron chi connectivity index (χ3n) is 5.66. The van der Waals surface area contributed by atoms with Crippen LogP contribution in [0.25, 0.3) is 0 Å². The maximum Gasteiger partial charge on any atom is 0.268 e. The fraction of sp³-hybridized carbons (Fsp3) is 0.348. The fourth-order valence-electron chi connectivity index (χ4n) is 4.10. The summed E-state index contributed by atoms with van der Waals surface area (Å²) in [5.74, 6) is -2.41. The second kappa shape index (κ2) is 9.54. The quantitative estimate of drug-likeness (QED) is 0.611. The molecule has 3 atom stereocenters. The first kappa shape index (κ1) is 22.0. The molecule has 9 heteroatoms. The first-order valence-corrected chi connectivity index (χ1v) is 10.5. The summed E-state index contributed by atoms with van der Waals surface area (Å²) < 4.78 is 27.3. The lowest BCUT2D eigenvalue weighted by Gasteiger charge is -2.28. The molecular weight excluding hydrogens is 418 g/mol. The van der Waals surface area contributed by atoms with Gasteiger partial charge in [0, 0.05) is 12.1 Å². The largest absolute Gasteiger partial charge is 0.389 e. The number of aliphatic hydroxyl groups excluding tert-OH is 1. The molecule has 168 valence electrons. The highest BCUT2D eigenvalue weighted by atomic mass is 19.1. The molecule has 2 aliphatic heterocycles. The number of hydrogen-bond acceptors (Lipinski definition) is 5. The van der Waals surface area contributed by atoms with Gasteiger partial charge in [0.1, 0.15) is 17.3 Å². The fourth-order valence-corrected chi connectivity index (χ4v) is 4.10. The van der Waals surface area contributed by atoms with E-state index in [0.29, 0.717) is 17.7 Å². The summed E-state index contributed by atoms with van der Waals surface area (Å²) in [6.07, 6.45) is 0.440. The molecule has 1 unspecified atom stereocenters. The molecule has 0 radical (unpaired) electrons. The second-order valence-electron chi connectivity index (χ2n) is 8.02. The smallest absolute Gasteiger partial charge is 0.268 e. The van der Waals surface area contributed by atoms with Gasteiger partial charge in [-0.2, -0.15) is 10.1 Å². The highest BCUT2D eigenvalue weighted by molar-refractivity contribution is 6.44. The van der Waals surface area contributed by atoms with E-state index in [-0.39, 0.29) is 30.5 Å². The van der Waals surface area contributed by atoms with Crippen LogP contribution in [0.4, 0.5) is 14.5 Å². The van der Waals surface area contributed by atoms with Crippen molar-refractivity contribution in [3.8, 4) is 0 Å². The average Bonchev–Trinajstić information content (AvgIpc) is 3.43. The Morgan fingerprint density at radius 3 is 2.59 bits per heavy atom. The Morgan fingerprint density at radius 2 is 1.94 bits per heavy atom.